The van der Waals surface area contributed by atoms with Crippen molar-refractivity contribution < 1.29 is 9.53 Å². The molecule has 0 heterocycles. The summed E-state index contributed by atoms with van der Waals surface area (Å²) >= 11 is 0. The number of esters is 1. The Morgan fingerprint density at radius 2 is 1.58 bits per heavy atom. The smallest absolute Gasteiger partial charge is 0.338 e. The summed E-state index contributed by atoms with van der Waals surface area (Å²) < 4.78 is 5.60. The summed E-state index contributed by atoms with van der Waals surface area (Å²) in [5.41, 5.74) is 3.36. The van der Waals surface area contributed by atoms with Crippen molar-refractivity contribution in [3.63, 3.8) is 0 Å². The van der Waals surface area contributed by atoms with Crippen LogP contribution in [-0.4, -0.2) is 26.7 Å². The van der Waals surface area contributed by atoms with Gasteiger partial charge >= 0.3 is 5.97 Å². The Kier molecular flexibility index (Phi) is 7.92. The van der Waals surface area contributed by atoms with Crippen LogP contribution in [0.5, 0.6) is 0 Å². The van der Waals surface area contributed by atoms with Crippen LogP contribution in [0.25, 0.3) is 0 Å². The van der Waals surface area contributed by atoms with Gasteiger partial charge in [0.2, 0.25) is 0 Å². The average Bonchev–Trinajstić information content (AvgIpc) is 2.49. The highest BCUT2D eigenvalue weighted by atomic mass is 16.5. The van der Waals surface area contributed by atoms with Crippen molar-refractivity contribution in [3.05, 3.63) is 41.5 Å². The number of allylic oxidation sites excluding steroid dienone is 1. The lowest BCUT2D eigenvalue weighted by Gasteiger charge is -2.22. The van der Waals surface area contributed by atoms with Gasteiger partial charge in [-0.1, -0.05) is 47.6 Å². The third-order valence-electron chi connectivity index (χ3n) is 4.09. The number of hydrogen-bond acceptors (Lipinski definition) is 3. The van der Waals surface area contributed by atoms with Crippen LogP contribution < -0.4 is 4.90 Å². The average molecular weight is 360 g/mol. The van der Waals surface area contributed by atoms with Crippen LogP contribution in [0.3, 0.4) is 0 Å². The van der Waals surface area contributed by atoms with E-state index in [2.05, 4.69) is 47.6 Å². The van der Waals surface area contributed by atoms with E-state index in [4.69, 9.17) is 4.74 Å². The molecule has 0 aliphatic heterocycles. The zero-order chi connectivity index (χ0) is 20.0. The van der Waals surface area contributed by atoms with Crippen molar-refractivity contribution in [2.24, 2.45) is 10.8 Å². The molecule has 3 nitrogen and oxygen atoms in total. The largest absolute Gasteiger partial charge is 0.458 e. The van der Waals surface area contributed by atoms with E-state index in [1.54, 1.807) is 0 Å². The minimum Gasteiger partial charge on any atom is -0.458 e. The fraction of sp³-hybridized carbons (Fsp3) is 0.609. The fourth-order valence-corrected chi connectivity index (χ4v) is 2.71. The predicted molar refractivity (Wildman–Crippen MR) is 112 cm³/mol. The molecule has 1 aromatic rings. The number of ether oxygens (including phenoxy) is 1. The van der Waals surface area contributed by atoms with Crippen LogP contribution >= 0.6 is 0 Å². The molecular formula is C23H37NO2. The van der Waals surface area contributed by atoms with Gasteiger partial charge < -0.3 is 9.64 Å². The normalized spacial score (nSPS) is 12.8. The molecule has 0 saturated carbocycles. The molecule has 0 atom stereocenters. The van der Waals surface area contributed by atoms with E-state index in [9.17, 15) is 4.79 Å². The van der Waals surface area contributed by atoms with Gasteiger partial charge in [0.15, 0.2) is 0 Å². The van der Waals surface area contributed by atoms with E-state index >= 15 is 0 Å². The van der Waals surface area contributed by atoms with Gasteiger partial charge in [-0.3, -0.25) is 0 Å². The molecule has 0 bridgehead atoms. The van der Waals surface area contributed by atoms with Crippen LogP contribution in [0.4, 0.5) is 5.69 Å². The Hall–Kier alpha value is -1.77. The molecule has 0 spiro atoms. The molecular weight excluding hydrogens is 322 g/mol. The number of carbonyl (C=O) groups is 1. The zero-order valence-corrected chi connectivity index (χ0v) is 18.0. The minimum absolute atomic E-state index is 0.174. The van der Waals surface area contributed by atoms with Crippen molar-refractivity contribution in [1.29, 1.82) is 0 Å². The van der Waals surface area contributed by atoms with E-state index in [1.165, 1.54) is 5.57 Å². The van der Waals surface area contributed by atoms with E-state index in [0.29, 0.717) is 17.6 Å². The lowest BCUT2D eigenvalue weighted by atomic mass is 9.86. The van der Waals surface area contributed by atoms with Gasteiger partial charge in [-0.25, -0.2) is 4.79 Å². The van der Waals surface area contributed by atoms with Crippen LogP contribution in [0, 0.1) is 10.8 Å². The summed E-state index contributed by atoms with van der Waals surface area (Å²) in [5, 5.41) is 0. The molecule has 0 aliphatic carbocycles. The maximum atomic E-state index is 12.4. The molecule has 26 heavy (non-hydrogen) atoms. The van der Waals surface area contributed by atoms with Crippen LogP contribution in [0.2, 0.25) is 0 Å². The first kappa shape index (κ1) is 22.3. The topological polar surface area (TPSA) is 29.5 Å². The Morgan fingerprint density at radius 1 is 1.00 bits per heavy atom. The first-order valence-electron chi connectivity index (χ1n) is 9.50. The van der Waals surface area contributed by atoms with Gasteiger partial charge in [0.1, 0.15) is 6.61 Å². The number of benzene rings is 1. The Morgan fingerprint density at radius 3 is 2.04 bits per heavy atom. The van der Waals surface area contributed by atoms with E-state index in [-0.39, 0.29) is 11.4 Å². The molecule has 0 unspecified atom stereocenters. The quantitative estimate of drug-likeness (QED) is 0.435. The summed E-state index contributed by atoms with van der Waals surface area (Å²) in [6, 6.07) is 7.52. The highest BCUT2D eigenvalue weighted by molar-refractivity contribution is 5.89. The SMILES string of the molecule is CN(C)c1ccc(C(=O)OC/C(=C/CCC(C)(C)C)CC(C)(C)C)cc1. The molecule has 0 amide bonds. The molecule has 0 aliphatic rings. The zero-order valence-electron chi connectivity index (χ0n) is 18.0. The van der Waals surface area contributed by atoms with E-state index in [0.717, 1.165) is 24.9 Å². The van der Waals surface area contributed by atoms with Gasteiger partial charge in [0.25, 0.3) is 0 Å². The Balaban J connectivity index is 2.71. The van der Waals surface area contributed by atoms with Crippen LogP contribution in [-0.2, 0) is 4.74 Å². The first-order chi connectivity index (χ1) is 11.9. The monoisotopic (exact) mass is 359 g/mol. The van der Waals surface area contributed by atoms with Gasteiger partial charge in [0.05, 0.1) is 5.56 Å². The van der Waals surface area contributed by atoms with Crippen molar-refractivity contribution in [2.75, 3.05) is 25.6 Å². The van der Waals surface area contributed by atoms with Crippen molar-refractivity contribution in [2.45, 2.75) is 60.8 Å². The second kappa shape index (κ2) is 9.25. The third kappa shape index (κ3) is 9.07. The first-order valence-corrected chi connectivity index (χ1v) is 9.50. The number of rotatable bonds is 7. The molecule has 1 aromatic carbocycles. The molecule has 1 rings (SSSR count). The Labute approximate surface area is 160 Å². The maximum Gasteiger partial charge on any atom is 0.338 e. The maximum absolute atomic E-state index is 12.4. The van der Waals surface area contributed by atoms with Crippen molar-refractivity contribution in [3.8, 4) is 0 Å². The molecule has 0 aromatic heterocycles. The number of hydrogen-bond donors (Lipinski definition) is 0. The second-order valence-corrected chi connectivity index (χ2v) is 9.72. The van der Waals surface area contributed by atoms with Crippen LogP contribution in [0.1, 0.15) is 71.2 Å². The van der Waals surface area contributed by atoms with E-state index in [1.807, 2.05) is 43.3 Å². The van der Waals surface area contributed by atoms with Crippen molar-refractivity contribution in [1.82, 2.24) is 0 Å². The highest BCUT2D eigenvalue weighted by Gasteiger charge is 2.16. The molecule has 0 fully saturated rings. The lowest BCUT2D eigenvalue weighted by Crippen LogP contribution is -2.14. The fourth-order valence-electron chi connectivity index (χ4n) is 2.71. The molecule has 0 N–H and O–H groups in total. The summed E-state index contributed by atoms with van der Waals surface area (Å²) in [6.07, 6.45) is 5.34. The van der Waals surface area contributed by atoms with Crippen molar-refractivity contribution >= 4 is 11.7 Å². The van der Waals surface area contributed by atoms with Gasteiger partial charge in [0, 0.05) is 19.8 Å². The van der Waals surface area contributed by atoms with Gasteiger partial charge in [-0.05, 0) is 59.9 Å². The standard InChI is InChI=1S/C23H37NO2/c1-22(2,3)15-9-10-18(16-23(4,5)6)17-26-21(25)19-11-13-20(14-12-19)24(7)8/h10-14H,9,15-17H2,1-8H3/b18-10+. The highest BCUT2D eigenvalue weighted by Crippen LogP contribution is 2.27. The summed E-state index contributed by atoms with van der Waals surface area (Å²) in [7, 11) is 3.96. The molecule has 0 radical (unpaired) electrons. The van der Waals surface area contributed by atoms with Gasteiger partial charge in [-0.2, -0.15) is 0 Å². The second-order valence-electron chi connectivity index (χ2n) is 9.72. The summed E-state index contributed by atoms with van der Waals surface area (Å²) in [4.78, 5) is 14.4. The number of nitrogens with zero attached hydrogens (tertiary/aromatic N) is 1. The summed E-state index contributed by atoms with van der Waals surface area (Å²) in [5.74, 6) is -0.258. The molecule has 146 valence electrons. The number of carbonyl (C=O) groups excluding carboxylic acids is 1. The Bertz CT molecular complexity index is 599. The minimum atomic E-state index is -0.258. The van der Waals surface area contributed by atoms with Crippen LogP contribution in [0.15, 0.2) is 35.9 Å². The number of anilines is 1. The molecule has 3 heteroatoms. The van der Waals surface area contributed by atoms with E-state index < -0.39 is 0 Å². The molecule has 0 saturated heterocycles. The summed E-state index contributed by atoms with van der Waals surface area (Å²) in [6.45, 7) is 13.8. The van der Waals surface area contributed by atoms with Gasteiger partial charge in [-0.15, -0.1) is 0 Å². The third-order valence-corrected chi connectivity index (χ3v) is 4.09. The lowest BCUT2D eigenvalue weighted by molar-refractivity contribution is 0.0533. The predicted octanol–water partition coefficient (Wildman–Crippen LogP) is 6.10.